The molecule has 0 aliphatic heterocycles. The molecule has 0 saturated heterocycles. The first-order chi connectivity index (χ1) is 11.5. The van der Waals surface area contributed by atoms with Gasteiger partial charge in [-0.1, -0.05) is 17.7 Å². The molecule has 6 heteroatoms. The highest BCUT2D eigenvalue weighted by molar-refractivity contribution is 6.31. The van der Waals surface area contributed by atoms with Gasteiger partial charge in [0.2, 0.25) is 0 Å². The molecule has 2 N–H and O–H groups in total. The highest BCUT2D eigenvalue weighted by Crippen LogP contribution is 2.26. The summed E-state index contributed by atoms with van der Waals surface area (Å²) in [5.74, 6) is -0.166. The van der Waals surface area contributed by atoms with Gasteiger partial charge in [-0.05, 0) is 63.8 Å². The van der Waals surface area contributed by atoms with Crippen molar-refractivity contribution < 1.29 is 4.79 Å². The normalized spacial score (nSPS) is 10.7. The Morgan fingerprint density at radius 3 is 2.83 bits per heavy atom. The molecule has 0 spiro atoms. The van der Waals surface area contributed by atoms with Gasteiger partial charge in [0.25, 0.3) is 5.91 Å². The standard InChI is InChI=1S/C18H23ClN4O/c1-13-15(19)6-4-7-16(13)22-14-8-10-20-17(12-14)18(24)21-9-5-11-23(2)3/h4,6-8,10,12H,5,9,11H2,1-3H3,(H,20,22)(H,21,24). The van der Waals surface area contributed by atoms with E-state index in [1.54, 1.807) is 12.3 Å². The van der Waals surface area contributed by atoms with Crippen molar-refractivity contribution in [1.29, 1.82) is 0 Å². The van der Waals surface area contributed by atoms with Gasteiger partial charge >= 0.3 is 0 Å². The lowest BCUT2D eigenvalue weighted by Gasteiger charge is -2.12. The number of pyridine rings is 1. The van der Waals surface area contributed by atoms with Crippen molar-refractivity contribution in [3.63, 3.8) is 0 Å². The molecule has 1 amide bonds. The molecule has 0 saturated carbocycles. The smallest absolute Gasteiger partial charge is 0.269 e. The summed E-state index contributed by atoms with van der Waals surface area (Å²) >= 11 is 6.14. The molecule has 24 heavy (non-hydrogen) atoms. The molecular formula is C18H23ClN4O. The van der Waals surface area contributed by atoms with Crippen LogP contribution < -0.4 is 10.6 Å². The SMILES string of the molecule is Cc1c(Cl)cccc1Nc1ccnc(C(=O)NCCCN(C)C)c1. The molecule has 0 bridgehead atoms. The lowest BCUT2D eigenvalue weighted by Crippen LogP contribution is -2.27. The molecule has 5 nitrogen and oxygen atoms in total. The summed E-state index contributed by atoms with van der Waals surface area (Å²) in [6, 6.07) is 9.24. The van der Waals surface area contributed by atoms with E-state index in [9.17, 15) is 4.79 Å². The second-order valence-electron chi connectivity index (χ2n) is 5.88. The van der Waals surface area contributed by atoms with Crippen LogP contribution in [0.5, 0.6) is 0 Å². The fourth-order valence-electron chi connectivity index (χ4n) is 2.22. The lowest BCUT2D eigenvalue weighted by atomic mass is 10.2. The van der Waals surface area contributed by atoms with E-state index in [-0.39, 0.29) is 5.91 Å². The Labute approximate surface area is 148 Å². The second-order valence-corrected chi connectivity index (χ2v) is 6.29. The number of carbonyl (C=O) groups is 1. The Kier molecular flexibility index (Phi) is 6.58. The minimum Gasteiger partial charge on any atom is -0.355 e. The number of carbonyl (C=O) groups excluding carboxylic acids is 1. The number of hydrogen-bond donors (Lipinski definition) is 2. The first-order valence-corrected chi connectivity index (χ1v) is 8.26. The molecule has 0 unspecified atom stereocenters. The quantitative estimate of drug-likeness (QED) is 0.754. The largest absolute Gasteiger partial charge is 0.355 e. The molecule has 0 fully saturated rings. The van der Waals surface area contributed by atoms with Crippen molar-refractivity contribution >= 4 is 28.9 Å². The Morgan fingerprint density at radius 1 is 1.29 bits per heavy atom. The fraction of sp³-hybridized carbons (Fsp3) is 0.333. The minimum absolute atomic E-state index is 0.166. The Bertz CT molecular complexity index is 703. The van der Waals surface area contributed by atoms with Gasteiger partial charge in [0.1, 0.15) is 5.69 Å². The number of nitrogens with one attached hydrogen (secondary N) is 2. The molecule has 128 valence electrons. The molecule has 0 aliphatic rings. The molecule has 0 aliphatic carbocycles. The number of halogens is 1. The van der Waals surface area contributed by atoms with Gasteiger partial charge in [0.15, 0.2) is 0 Å². The number of amides is 1. The van der Waals surface area contributed by atoms with Gasteiger partial charge in [0, 0.05) is 29.1 Å². The molecule has 1 heterocycles. The summed E-state index contributed by atoms with van der Waals surface area (Å²) in [6.07, 6.45) is 2.52. The number of benzene rings is 1. The highest BCUT2D eigenvalue weighted by Gasteiger charge is 2.08. The van der Waals surface area contributed by atoms with E-state index in [4.69, 9.17) is 11.6 Å². The number of aromatic nitrogens is 1. The van der Waals surface area contributed by atoms with Crippen LogP contribution in [0.1, 0.15) is 22.5 Å². The Balaban J connectivity index is 2.00. The van der Waals surface area contributed by atoms with E-state index < -0.39 is 0 Å². The number of hydrogen-bond acceptors (Lipinski definition) is 4. The molecule has 2 rings (SSSR count). The average molecular weight is 347 g/mol. The van der Waals surface area contributed by atoms with Crippen LogP contribution in [0.2, 0.25) is 5.02 Å². The lowest BCUT2D eigenvalue weighted by molar-refractivity contribution is 0.0947. The van der Waals surface area contributed by atoms with Crippen molar-refractivity contribution in [1.82, 2.24) is 15.2 Å². The van der Waals surface area contributed by atoms with Crippen molar-refractivity contribution in [2.24, 2.45) is 0 Å². The highest BCUT2D eigenvalue weighted by atomic mass is 35.5. The summed E-state index contributed by atoms with van der Waals surface area (Å²) in [6.45, 7) is 3.51. The van der Waals surface area contributed by atoms with Crippen LogP contribution in [0.25, 0.3) is 0 Å². The summed E-state index contributed by atoms with van der Waals surface area (Å²) in [5.41, 5.74) is 3.06. The predicted molar refractivity (Wildman–Crippen MR) is 99.2 cm³/mol. The zero-order valence-electron chi connectivity index (χ0n) is 14.3. The molecule has 0 radical (unpaired) electrons. The maximum Gasteiger partial charge on any atom is 0.269 e. The van der Waals surface area contributed by atoms with Crippen LogP contribution in [-0.4, -0.2) is 43.0 Å². The van der Waals surface area contributed by atoms with Crippen molar-refractivity contribution in [3.8, 4) is 0 Å². The van der Waals surface area contributed by atoms with Crippen molar-refractivity contribution in [2.75, 3.05) is 32.5 Å². The molecule has 2 aromatic rings. The third-order valence-corrected chi connectivity index (χ3v) is 4.02. The van der Waals surface area contributed by atoms with Crippen LogP contribution in [-0.2, 0) is 0 Å². The molecular weight excluding hydrogens is 324 g/mol. The topological polar surface area (TPSA) is 57.3 Å². The van der Waals surface area contributed by atoms with Crippen LogP contribution in [0.4, 0.5) is 11.4 Å². The van der Waals surface area contributed by atoms with Gasteiger partial charge in [-0.2, -0.15) is 0 Å². The van der Waals surface area contributed by atoms with E-state index in [2.05, 4.69) is 20.5 Å². The van der Waals surface area contributed by atoms with Gasteiger partial charge < -0.3 is 15.5 Å². The monoisotopic (exact) mass is 346 g/mol. The fourth-order valence-corrected chi connectivity index (χ4v) is 2.39. The minimum atomic E-state index is -0.166. The molecule has 0 atom stereocenters. The van der Waals surface area contributed by atoms with E-state index >= 15 is 0 Å². The molecule has 1 aromatic carbocycles. The Hall–Kier alpha value is -2.11. The van der Waals surface area contributed by atoms with Crippen molar-refractivity contribution in [2.45, 2.75) is 13.3 Å². The number of anilines is 2. The second kappa shape index (κ2) is 8.66. The summed E-state index contributed by atoms with van der Waals surface area (Å²) in [7, 11) is 4.02. The van der Waals surface area contributed by atoms with Crippen LogP contribution in [0, 0.1) is 6.92 Å². The number of rotatable bonds is 7. The zero-order valence-corrected chi connectivity index (χ0v) is 15.0. The van der Waals surface area contributed by atoms with E-state index in [0.717, 1.165) is 29.9 Å². The average Bonchev–Trinajstić information content (AvgIpc) is 2.56. The summed E-state index contributed by atoms with van der Waals surface area (Å²) < 4.78 is 0. The predicted octanol–water partition coefficient (Wildman–Crippen LogP) is 3.47. The first-order valence-electron chi connectivity index (χ1n) is 7.88. The first kappa shape index (κ1) is 18.2. The van der Waals surface area contributed by atoms with Crippen LogP contribution >= 0.6 is 11.6 Å². The zero-order chi connectivity index (χ0) is 17.5. The maximum absolute atomic E-state index is 12.2. The van der Waals surface area contributed by atoms with E-state index in [1.165, 1.54) is 0 Å². The Morgan fingerprint density at radius 2 is 2.08 bits per heavy atom. The van der Waals surface area contributed by atoms with Crippen molar-refractivity contribution in [3.05, 3.63) is 52.8 Å². The third kappa shape index (κ3) is 5.22. The van der Waals surface area contributed by atoms with Crippen LogP contribution in [0.3, 0.4) is 0 Å². The van der Waals surface area contributed by atoms with Crippen LogP contribution in [0.15, 0.2) is 36.5 Å². The summed E-state index contributed by atoms with van der Waals surface area (Å²) in [5, 5.41) is 6.87. The van der Waals surface area contributed by atoms with Gasteiger partial charge in [0.05, 0.1) is 0 Å². The van der Waals surface area contributed by atoms with E-state index in [0.29, 0.717) is 17.3 Å². The van der Waals surface area contributed by atoms with Gasteiger partial charge in [-0.3, -0.25) is 9.78 Å². The third-order valence-electron chi connectivity index (χ3n) is 3.61. The van der Waals surface area contributed by atoms with E-state index in [1.807, 2.05) is 45.3 Å². The number of nitrogens with zero attached hydrogens (tertiary/aromatic N) is 2. The van der Waals surface area contributed by atoms with Gasteiger partial charge in [-0.15, -0.1) is 0 Å². The maximum atomic E-state index is 12.2. The summed E-state index contributed by atoms with van der Waals surface area (Å²) in [4.78, 5) is 18.4. The van der Waals surface area contributed by atoms with Gasteiger partial charge in [-0.25, -0.2) is 0 Å². The molecule has 1 aromatic heterocycles.